The molecule has 0 amide bonds. The number of cyclic esters (lactones) is 1. The number of hydrogen-bond acceptors (Lipinski definition) is 5. The molecule has 0 radical (unpaired) electrons. The summed E-state index contributed by atoms with van der Waals surface area (Å²) in [5.74, 6) is 0.659. The first-order valence-electron chi connectivity index (χ1n) is 6.65. The fourth-order valence-corrected chi connectivity index (χ4v) is 3.34. The summed E-state index contributed by atoms with van der Waals surface area (Å²) in [4.78, 5) is 19.3. The summed E-state index contributed by atoms with van der Waals surface area (Å²) in [7, 11) is 0. The van der Waals surface area contributed by atoms with E-state index in [9.17, 15) is 4.79 Å². The van der Waals surface area contributed by atoms with Crippen molar-refractivity contribution in [2.24, 2.45) is 0 Å². The maximum Gasteiger partial charge on any atom is 0.319 e. The van der Waals surface area contributed by atoms with Crippen LogP contribution in [0.2, 0.25) is 0 Å². The van der Waals surface area contributed by atoms with Crippen molar-refractivity contribution < 1.29 is 14.3 Å². The van der Waals surface area contributed by atoms with Gasteiger partial charge in [0.15, 0.2) is 5.16 Å². The molecule has 2 unspecified atom stereocenters. The molecule has 0 bridgehead atoms. The molecule has 0 aliphatic carbocycles. The average Bonchev–Trinajstić information content (AvgIpc) is 2.93. The second-order valence-corrected chi connectivity index (χ2v) is 5.94. The van der Waals surface area contributed by atoms with Gasteiger partial charge in [-0.1, -0.05) is 11.8 Å². The quantitative estimate of drug-likeness (QED) is 0.878. The third-order valence-electron chi connectivity index (χ3n) is 3.12. The van der Waals surface area contributed by atoms with Crippen LogP contribution in [0.3, 0.4) is 0 Å². The molecule has 1 aliphatic rings. The summed E-state index contributed by atoms with van der Waals surface area (Å²) >= 11 is 1.43. The fraction of sp³-hybridized carbons (Fsp3) is 0.429. The minimum absolute atomic E-state index is 0.00562. The van der Waals surface area contributed by atoms with Crippen LogP contribution in [0.15, 0.2) is 23.4 Å². The van der Waals surface area contributed by atoms with Crippen LogP contribution in [-0.4, -0.2) is 33.9 Å². The molecule has 106 valence electrons. The van der Waals surface area contributed by atoms with E-state index < -0.39 is 0 Å². The first-order chi connectivity index (χ1) is 9.65. The van der Waals surface area contributed by atoms with Gasteiger partial charge in [0.05, 0.1) is 17.6 Å². The summed E-state index contributed by atoms with van der Waals surface area (Å²) < 4.78 is 10.6. The molecular weight excluding hydrogens is 276 g/mol. The van der Waals surface area contributed by atoms with Crippen molar-refractivity contribution in [3.8, 4) is 5.75 Å². The molecule has 6 heteroatoms. The molecule has 20 heavy (non-hydrogen) atoms. The number of ether oxygens (including phenoxy) is 2. The van der Waals surface area contributed by atoms with Crippen molar-refractivity contribution in [2.45, 2.75) is 36.8 Å². The van der Waals surface area contributed by atoms with E-state index in [0.717, 1.165) is 28.4 Å². The highest BCUT2D eigenvalue weighted by molar-refractivity contribution is 8.00. The van der Waals surface area contributed by atoms with Crippen molar-refractivity contribution in [3.05, 3.63) is 18.2 Å². The highest BCUT2D eigenvalue weighted by Gasteiger charge is 2.33. The largest absolute Gasteiger partial charge is 0.494 e. The van der Waals surface area contributed by atoms with Crippen LogP contribution in [0.25, 0.3) is 11.0 Å². The Labute approximate surface area is 121 Å². The average molecular weight is 292 g/mol. The number of rotatable bonds is 4. The van der Waals surface area contributed by atoms with Crippen molar-refractivity contribution >= 4 is 28.8 Å². The molecule has 3 rings (SSSR count). The van der Waals surface area contributed by atoms with Crippen LogP contribution in [0.4, 0.5) is 0 Å². The molecule has 2 heterocycles. The highest BCUT2D eigenvalue weighted by Crippen LogP contribution is 2.32. The van der Waals surface area contributed by atoms with Crippen LogP contribution < -0.4 is 4.74 Å². The number of carbonyl (C=O) groups is 1. The number of nitrogens with zero attached hydrogens (tertiary/aromatic N) is 1. The maximum absolute atomic E-state index is 11.6. The number of imidazole rings is 1. The van der Waals surface area contributed by atoms with Crippen LogP contribution in [0.1, 0.15) is 20.3 Å². The molecule has 2 aromatic rings. The maximum atomic E-state index is 11.6. The van der Waals surface area contributed by atoms with Gasteiger partial charge in [0.2, 0.25) is 0 Å². The van der Waals surface area contributed by atoms with Gasteiger partial charge in [-0.15, -0.1) is 0 Å². The minimum atomic E-state index is -0.170. The SMILES string of the molecule is CCOc1ccc2nc(SC3CC(C)OC3=O)[nH]c2c1. The van der Waals surface area contributed by atoms with Gasteiger partial charge in [-0.05, 0) is 26.0 Å². The Kier molecular flexibility index (Phi) is 3.56. The third kappa shape index (κ3) is 2.60. The normalized spacial score (nSPS) is 22.2. The smallest absolute Gasteiger partial charge is 0.319 e. The molecule has 1 aliphatic heterocycles. The minimum Gasteiger partial charge on any atom is -0.494 e. The van der Waals surface area contributed by atoms with E-state index in [1.165, 1.54) is 11.8 Å². The van der Waals surface area contributed by atoms with Gasteiger partial charge in [0.25, 0.3) is 0 Å². The Morgan fingerprint density at radius 2 is 2.40 bits per heavy atom. The zero-order valence-corrected chi connectivity index (χ0v) is 12.2. The lowest BCUT2D eigenvalue weighted by atomic mass is 10.3. The second-order valence-electron chi connectivity index (χ2n) is 4.74. The number of aromatic amines is 1. The molecule has 5 nitrogen and oxygen atoms in total. The number of nitrogens with one attached hydrogen (secondary N) is 1. The lowest BCUT2D eigenvalue weighted by Crippen LogP contribution is -2.09. The van der Waals surface area contributed by atoms with Gasteiger partial charge in [0.1, 0.15) is 17.1 Å². The van der Waals surface area contributed by atoms with Gasteiger partial charge in [-0.2, -0.15) is 0 Å². The van der Waals surface area contributed by atoms with E-state index >= 15 is 0 Å². The van der Waals surface area contributed by atoms with E-state index in [0.29, 0.717) is 6.61 Å². The molecule has 0 spiro atoms. The van der Waals surface area contributed by atoms with E-state index in [1.807, 2.05) is 32.0 Å². The molecule has 0 saturated carbocycles. The molecular formula is C14H16N2O3S. The topological polar surface area (TPSA) is 64.2 Å². The third-order valence-corrected chi connectivity index (χ3v) is 4.21. The van der Waals surface area contributed by atoms with Crippen LogP contribution in [0, 0.1) is 0 Å². The Balaban J connectivity index is 1.80. The number of H-pyrrole nitrogens is 1. The first-order valence-corrected chi connectivity index (χ1v) is 7.53. The first kappa shape index (κ1) is 13.3. The highest BCUT2D eigenvalue weighted by atomic mass is 32.2. The molecule has 1 fully saturated rings. The van der Waals surface area contributed by atoms with E-state index in [1.54, 1.807) is 0 Å². The van der Waals surface area contributed by atoms with Gasteiger partial charge in [-0.3, -0.25) is 4.79 Å². The van der Waals surface area contributed by atoms with Crippen molar-refractivity contribution in [3.63, 3.8) is 0 Å². The molecule has 1 aromatic heterocycles. The summed E-state index contributed by atoms with van der Waals surface area (Å²) in [6.07, 6.45) is 0.721. The number of carbonyl (C=O) groups excluding carboxylic acids is 1. The van der Waals surface area contributed by atoms with Gasteiger partial charge in [-0.25, -0.2) is 4.98 Å². The fourth-order valence-electron chi connectivity index (χ4n) is 2.23. The zero-order chi connectivity index (χ0) is 14.1. The van der Waals surface area contributed by atoms with Crippen LogP contribution in [0.5, 0.6) is 5.75 Å². The van der Waals surface area contributed by atoms with Crippen molar-refractivity contribution in [1.82, 2.24) is 9.97 Å². The lowest BCUT2D eigenvalue weighted by molar-refractivity contribution is -0.140. The van der Waals surface area contributed by atoms with Gasteiger partial charge < -0.3 is 14.5 Å². The molecule has 1 aromatic carbocycles. The lowest BCUT2D eigenvalue weighted by Gasteiger charge is -2.01. The predicted molar refractivity (Wildman–Crippen MR) is 77.1 cm³/mol. The summed E-state index contributed by atoms with van der Waals surface area (Å²) in [6.45, 7) is 4.49. The number of esters is 1. The predicted octanol–water partition coefficient (Wildman–Crippen LogP) is 2.76. The van der Waals surface area contributed by atoms with E-state index in [-0.39, 0.29) is 17.3 Å². The van der Waals surface area contributed by atoms with E-state index in [2.05, 4.69) is 9.97 Å². The van der Waals surface area contributed by atoms with Gasteiger partial charge in [0, 0.05) is 12.5 Å². The second kappa shape index (κ2) is 5.36. The summed E-state index contributed by atoms with van der Waals surface area (Å²) in [5, 5.41) is 0.571. The Morgan fingerprint density at radius 1 is 1.55 bits per heavy atom. The molecule has 2 atom stereocenters. The Morgan fingerprint density at radius 3 is 3.10 bits per heavy atom. The zero-order valence-electron chi connectivity index (χ0n) is 11.4. The Hall–Kier alpha value is -1.69. The number of benzene rings is 1. The summed E-state index contributed by atoms with van der Waals surface area (Å²) in [5.41, 5.74) is 1.79. The number of aromatic nitrogens is 2. The number of hydrogen-bond donors (Lipinski definition) is 1. The molecule has 1 saturated heterocycles. The Bertz CT molecular complexity index is 640. The van der Waals surface area contributed by atoms with Crippen molar-refractivity contribution in [1.29, 1.82) is 0 Å². The van der Waals surface area contributed by atoms with Crippen LogP contribution >= 0.6 is 11.8 Å². The molecule has 1 N–H and O–H groups in total. The van der Waals surface area contributed by atoms with Crippen LogP contribution in [-0.2, 0) is 9.53 Å². The number of thioether (sulfide) groups is 1. The van der Waals surface area contributed by atoms with Gasteiger partial charge >= 0.3 is 5.97 Å². The van der Waals surface area contributed by atoms with E-state index in [4.69, 9.17) is 9.47 Å². The number of fused-ring (bicyclic) bond motifs is 1. The van der Waals surface area contributed by atoms with Crippen molar-refractivity contribution in [2.75, 3.05) is 6.61 Å². The standard InChI is InChI=1S/C14H16N2O3S/c1-3-18-9-4-5-10-11(7-9)16-14(15-10)20-12-6-8(2)19-13(12)17/h4-5,7-8,12H,3,6H2,1-2H3,(H,15,16). The summed E-state index contributed by atoms with van der Waals surface area (Å²) in [6, 6.07) is 5.73. The monoisotopic (exact) mass is 292 g/mol.